The molecule has 0 aromatic heterocycles. The van der Waals surface area contributed by atoms with Crippen LogP contribution in [0.3, 0.4) is 0 Å². The van der Waals surface area contributed by atoms with Crippen molar-refractivity contribution in [2.24, 2.45) is 0 Å². The van der Waals surface area contributed by atoms with Crippen molar-refractivity contribution in [2.75, 3.05) is 64.3 Å². The van der Waals surface area contributed by atoms with Crippen molar-refractivity contribution >= 4 is 40.8 Å². The van der Waals surface area contributed by atoms with Crippen LogP contribution in [-0.4, -0.2) is 97.7 Å². The number of hydrogen-bond acceptors (Lipinski definition) is 5. The quantitative estimate of drug-likeness (QED) is 0.708. The second kappa shape index (κ2) is 10.4. The van der Waals surface area contributed by atoms with Gasteiger partial charge in [-0.05, 0) is 31.0 Å². The molecule has 1 atom stereocenters. The Morgan fingerprint density at radius 1 is 1.00 bits per heavy atom. The van der Waals surface area contributed by atoms with Crippen LogP contribution in [0.5, 0.6) is 0 Å². The van der Waals surface area contributed by atoms with Crippen LogP contribution in [0.1, 0.15) is 12.8 Å². The molecule has 8 nitrogen and oxygen atoms in total. The van der Waals surface area contributed by atoms with Gasteiger partial charge < -0.3 is 25.2 Å². The van der Waals surface area contributed by atoms with E-state index in [1.165, 1.54) is 0 Å². The van der Waals surface area contributed by atoms with Crippen LogP contribution in [0.2, 0.25) is 10.0 Å². The van der Waals surface area contributed by atoms with Gasteiger partial charge in [0, 0.05) is 70.8 Å². The summed E-state index contributed by atoms with van der Waals surface area (Å²) in [6, 6.07) is 5.11. The third-order valence-corrected chi connectivity index (χ3v) is 7.00. The Hall–Kier alpha value is -1.58. The van der Waals surface area contributed by atoms with Gasteiger partial charge in [0.2, 0.25) is 5.91 Å². The van der Waals surface area contributed by atoms with Gasteiger partial charge in [0.05, 0.1) is 16.1 Å². The molecule has 10 heteroatoms. The fourth-order valence-corrected chi connectivity index (χ4v) is 4.74. The van der Waals surface area contributed by atoms with Crippen LogP contribution in [0.4, 0.5) is 10.5 Å². The minimum absolute atomic E-state index is 0.126. The number of hydrogen-bond donors (Lipinski definition) is 2. The predicted octanol–water partition coefficient (Wildman–Crippen LogP) is 2.12. The first kappa shape index (κ1) is 22.6. The zero-order valence-electron chi connectivity index (χ0n) is 17.5. The lowest BCUT2D eigenvalue weighted by Crippen LogP contribution is -2.62. The molecule has 0 radical (unpaired) electrons. The molecule has 3 heterocycles. The molecule has 0 spiro atoms. The van der Waals surface area contributed by atoms with E-state index in [2.05, 4.69) is 15.5 Å². The number of benzene rings is 1. The van der Waals surface area contributed by atoms with Crippen LogP contribution in [0, 0.1) is 0 Å². The number of carbonyl (C=O) groups excluding carboxylic acids is 2. The molecule has 3 aliphatic heterocycles. The van der Waals surface area contributed by atoms with Gasteiger partial charge in [0.25, 0.3) is 0 Å². The van der Waals surface area contributed by atoms with E-state index in [0.717, 1.165) is 45.7 Å². The lowest BCUT2D eigenvalue weighted by atomic mass is 10.0. The number of nitrogens with zero attached hydrogens (tertiary/aromatic N) is 3. The van der Waals surface area contributed by atoms with E-state index in [4.69, 9.17) is 27.9 Å². The van der Waals surface area contributed by atoms with E-state index in [0.29, 0.717) is 48.0 Å². The predicted molar refractivity (Wildman–Crippen MR) is 121 cm³/mol. The Labute approximate surface area is 192 Å². The fourth-order valence-electron chi connectivity index (χ4n) is 4.45. The monoisotopic (exact) mass is 469 g/mol. The molecule has 0 saturated carbocycles. The fraction of sp³-hybridized carbons (Fsp3) is 0.619. The first-order valence-corrected chi connectivity index (χ1v) is 11.6. The third kappa shape index (κ3) is 5.62. The van der Waals surface area contributed by atoms with E-state index in [-0.39, 0.29) is 18.0 Å². The molecule has 1 aromatic carbocycles. The smallest absolute Gasteiger partial charge is 0.321 e. The highest BCUT2D eigenvalue weighted by Gasteiger charge is 2.34. The molecule has 3 aliphatic rings. The summed E-state index contributed by atoms with van der Waals surface area (Å²) >= 11 is 11.9. The second-order valence-corrected chi connectivity index (χ2v) is 9.03. The van der Waals surface area contributed by atoms with Crippen LogP contribution in [0.15, 0.2) is 18.2 Å². The first-order valence-electron chi connectivity index (χ1n) is 10.9. The van der Waals surface area contributed by atoms with Gasteiger partial charge in [0.15, 0.2) is 0 Å². The maximum Gasteiger partial charge on any atom is 0.321 e. The number of nitrogens with one attached hydrogen (secondary N) is 2. The number of piperazine rings is 2. The molecule has 1 aromatic rings. The number of amides is 3. The zero-order valence-corrected chi connectivity index (χ0v) is 19.0. The van der Waals surface area contributed by atoms with Crippen molar-refractivity contribution in [3.8, 4) is 0 Å². The lowest BCUT2D eigenvalue weighted by Gasteiger charge is -2.42. The van der Waals surface area contributed by atoms with Gasteiger partial charge >= 0.3 is 6.03 Å². The van der Waals surface area contributed by atoms with E-state index in [1.54, 1.807) is 23.1 Å². The zero-order chi connectivity index (χ0) is 21.8. The Morgan fingerprint density at radius 2 is 1.71 bits per heavy atom. The summed E-state index contributed by atoms with van der Waals surface area (Å²) in [6.45, 7) is 6.19. The first-order chi connectivity index (χ1) is 15.0. The van der Waals surface area contributed by atoms with Crippen molar-refractivity contribution in [3.63, 3.8) is 0 Å². The van der Waals surface area contributed by atoms with Crippen molar-refractivity contribution in [1.82, 2.24) is 20.0 Å². The SMILES string of the molecule is O=C(Nc1ccc(Cl)c(Cl)c1)N1CCN(C(=O)[C@H]2CN(C3CCOCC3)CCN2)CC1. The Morgan fingerprint density at radius 3 is 2.42 bits per heavy atom. The van der Waals surface area contributed by atoms with Crippen LogP contribution < -0.4 is 10.6 Å². The van der Waals surface area contributed by atoms with Crippen LogP contribution in [-0.2, 0) is 9.53 Å². The third-order valence-electron chi connectivity index (χ3n) is 6.26. The van der Waals surface area contributed by atoms with E-state index >= 15 is 0 Å². The topological polar surface area (TPSA) is 77.2 Å². The highest BCUT2D eigenvalue weighted by molar-refractivity contribution is 6.42. The molecule has 31 heavy (non-hydrogen) atoms. The Balaban J connectivity index is 1.26. The summed E-state index contributed by atoms with van der Waals surface area (Å²) in [5, 5.41) is 7.06. The summed E-state index contributed by atoms with van der Waals surface area (Å²) < 4.78 is 5.47. The van der Waals surface area contributed by atoms with Gasteiger partial charge in [0.1, 0.15) is 0 Å². The Bertz CT molecular complexity index is 797. The highest BCUT2D eigenvalue weighted by Crippen LogP contribution is 2.25. The minimum atomic E-state index is -0.202. The van der Waals surface area contributed by atoms with Crippen molar-refractivity contribution < 1.29 is 14.3 Å². The van der Waals surface area contributed by atoms with Gasteiger partial charge in [-0.15, -0.1) is 0 Å². The van der Waals surface area contributed by atoms with Crippen LogP contribution >= 0.6 is 23.2 Å². The number of halogens is 2. The molecular weight excluding hydrogens is 441 g/mol. The van der Waals surface area contributed by atoms with Gasteiger partial charge in [-0.25, -0.2) is 4.79 Å². The molecule has 3 fully saturated rings. The lowest BCUT2D eigenvalue weighted by molar-refractivity contribution is -0.136. The summed E-state index contributed by atoms with van der Waals surface area (Å²) in [4.78, 5) is 31.7. The Kier molecular flexibility index (Phi) is 7.55. The minimum Gasteiger partial charge on any atom is -0.381 e. The molecule has 4 rings (SSSR count). The number of carbonyl (C=O) groups is 2. The number of ether oxygens (including phenoxy) is 1. The second-order valence-electron chi connectivity index (χ2n) is 8.22. The maximum absolute atomic E-state index is 13.1. The summed E-state index contributed by atoms with van der Waals surface area (Å²) in [5.41, 5.74) is 0.595. The standard InChI is InChI=1S/C21H29Cl2N5O3/c22-17-2-1-15(13-18(17)23)25-21(30)27-9-7-26(8-10-27)20(29)19-14-28(6-5-24-19)16-3-11-31-12-4-16/h1-2,13,16,19,24H,3-12,14H2,(H,25,30)/t19-/m1/s1. The molecular formula is C21H29Cl2N5O3. The van der Waals surface area contributed by atoms with Crippen LogP contribution in [0.25, 0.3) is 0 Å². The largest absolute Gasteiger partial charge is 0.381 e. The normalized spacial score (nSPS) is 23.6. The number of urea groups is 1. The molecule has 0 unspecified atom stereocenters. The average Bonchev–Trinajstić information content (AvgIpc) is 2.82. The molecule has 0 bridgehead atoms. The molecule has 0 aliphatic carbocycles. The molecule has 2 N–H and O–H groups in total. The molecule has 3 amide bonds. The average molecular weight is 470 g/mol. The number of anilines is 1. The molecule has 170 valence electrons. The summed E-state index contributed by atoms with van der Waals surface area (Å²) in [5.74, 6) is 0.126. The van der Waals surface area contributed by atoms with Crippen molar-refractivity contribution in [2.45, 2.75) is 24.9 Å². The van der Waals surface area contributed by atoms with E-state index in [1.807, 2.05) is 4.90 Å². The van der Waals surface area contributed by atoms with Crippen molar-refractivity contribution in [3.05, 3.63) is 28.2 Å². The number of rotatable bonds is 3. The maximum atomic E-state index is 13.1. The van der Waals surface area contributed by atoms with Gasteiger partial charge in [-0.2, -0.15) is 0 Å². The highest BCUT2D eigenvalue weighted by atomic mass is 35.5. The molecule has 3 saturated heterocycles. The van der Waals surface area contributed by atoms with E-state index in [9.17, 15) is 9.59 Å². The summed E-state index contributed by atoms with van der Waals surface area (Å²) in [6.07, 6.45) is 2.07. The van der Waals surface area contributed by atoms with E-state index < -0.39 is 0 Å². The summed E-state index contributed by atoms with van der Waals surface area (Å²) in [7, 11) is 0. The van der Waals surface area contributed by atoms with Gasteiger partial charge in [-0.1, -0.05) is 23.2 Å². The van der Waals surface area contributed by atoms with Crippen molar-refractivity contribution in [1.29, 1.82) is 0 Å². The van der Waals surface area contributed by atoms with Gasteiger partial charge in [-0.3, -0.25) is 9.69 Å².